The van der Waals surface area contributed by atoms with Gasteiger partial charge in [-0.15, -0.1) is 0 Å². The van der Waals surface area contributed by atoms with Crippen molar-refractivity contribution in [3.05, 3.63) is 34.3 Å². The minimum atomic E-state index is -1.00. The Morgan fingerprint density at radius 2 is 2.11 bits per heavy atom. The second-order valence-electron chi connectivity index (χ2n) is 4.49. The Balaban J connectivity index is 2.27. The van der Waals surface area contributed by atoms with Gasteiger partial charge in [-0.2, -0.15) is 0 Å². The van der Waals surface area contributed by atoms with Gasteiger partial charge in [0.05, 0.1) is 10.6 Å². The van der Waals surface area contributed by atoms with E-state index in [1.807, 2.05) is 13.0 Å². The Hall–Kier alpha value is -1.55. The third-order valence-corrected chi connectivity index (χ3v) is 3.48. The Labute approximate surface area is 110 Å². The zero-order valence-electron chi connectivity index (χ0n) is 10.0. The van der Waals surface area contributed by atoms with Crippen molar-refractivity contribution in [3.63, 3.8) is 0 Å². The molecule has 5 heteroatoms. The van der Waals surface area contributed by atoms with Gasteiger partial charge in [-0.25, -0.2) is 0 Å². The SMILES string of the molecule is Cc1cccc(C(=O)N(CC(=O)O)C2CC2)c1Cl. The molecule has 0 atom stereocenters. The van der Waals surface area contributed by atoms with Crippen LogP contribution in [0.2, 0.25) is 5.02 Å². The van der Waals surface area contributed by atoms with Crippen molar-refractivity contribution in [2.45, 2.75) is 25.8 Å². The molecule has 0 spiro atoms. The molecule has 4 nitrogen and oxygen atoms in total. The summed E-state index contributed by atoms with van der Waals surface area (Å²) >= 11 is 6.10. The van der Waals surface area contributed by atoms with Gasteiger partial charge in [0.2, 0.25) is 0 Å². The summed E-state index contributed by atoms with van der Waals surface area (Å²) in [5, 5.41) is 9.25. The van der Waals surface area contributed by atoms with E-state index in [2.05, 4.69) is 0 Å². The number of nitrogens with zero attached hydrogens (tertiary/aromatic N) is 1. The number of aliphatic carboxylic acids is 1. The summed E-state index contributed by atoms with van der Waals surface area (Å²) in [6, 6.07) is 5.25. The number of benzene rings is 1. The molecular formula is C13H14ClNO3. The monoisotopic (exact) mass is 267 g/mol. The van der Waals surface area contributed by atoms with Crippen molar-refractivity contribution >= 4 is 23.5 Å². The third kappa shape index (κ3) is 2.64. The fraction of sp³-hybridized carbons (Fsp3) is 0.385. The fourth-order valence-corrected chi connectivity index (χ4v) is 2.07. The molecule has 0 aliphatic heterocycles. The topological polar surface area (TPSA) is 57.6 Å². The Kier molecular flexibility index (Phi) is 3.57. The average molecular weight is 268 g/mol. The normalized spacial score (nSPS) is 14.3. The molecule has 0 saturated heterocycles. The minimum absolute atomic E-state index is 0.0465. The highest BCUT2D eigenvalue weighted by Crippen LogP contribution is 2.30. The van der Waals surface area contributed by atoms with Gasteiger partial charge in [-0.3, -0.25) is 9.59 Å². The first-order valence-corrected chi connectivity index (χ1v) is 6.16. The zero-order valence-corrected chi connectivity index (χ0v) is 10.8. The number of carboxylic acids is 1. The largest absolute Gasteiger partial charge is 0.480 e. The average Bonchev–Trinajstić information content (AvgIpc) is 3.12. The van der Waals surface area contributed by atoms with Crippen LogP contribution in [0.1, 0.15) is 28.8 Å². The molecule has 1 aliphatic carbocycles. The summed E-state index contributed by atoms with van der Waals surface area (Å²) < 4.78 is 0. The summed E-state index contributed by atoms with van der Waals surface area (Å²) in [7, 11) is 0. The molecule has 18 heavy (non-hydrogen) atoms. The first-order chi connectivity index (χ1) is 8.50. The number of amides is 1. The lowest BCUT2D eigenvalue weighted by molar-refractivity contribution is -0.137. The summed E-state index contributed by atoms with van der Waals surface area (Å²) in [6.07, 6.45) is 1.73. The van der Waals surface area contributed by atoms with E-state index in [1.54, 1.807) is 12.1 Å². The molecule has 0 aromatic heterocycles. The van der Waals surface area contributed by atoms with E-state index in [4.69, 9.17) is 16.7 Å². The summed E-state index contributed by atoms with van der Waals surface area (Å²) in [6.45, 7) is 1.55. The van der Waals surface area contributed by atoms with Gasteiger partial charge in [0.25, 0.3) is 5.91 Å². The van der Waals surface area contributed by atoms with E-state index in [1.165, 1.54) is 4.90 Å². The Morgan fingerprint density at radius 3 is 2.67 bits per heavy atom. The Bertz CT molecular complexity index is 497. The van der Waals surface area contributed by atoms with Crippen LogP contribution in [0.3, 0.4) is 0 Å². The highest BCUT2D eigenvalue weighted by Gasteiger charge is 2.35. The molecule has 2 rings (SSSR count). The van der Waals surface area contributed by atoms with E-state index in [0.717, 1.165) is 18.4 Å². The molecule has 1 amide bonds. The van der Waals surface area contributed by atoms with Gasteiger partial charge < -0.3 is 10.0 Å². The number of hydrogen-bond acceptors (Lipinski definition) is 2. The van der Waals surface area contributed by atoms with Crippen LogP contribution >= 0.6 is 11.6 Å². The third-order valence-electron chi connectivity index (χ3n) is 2.98. The number of carbonyl (C=O) groups excluding carboxylic acids is 1. The summed E-state index contributed by atoms with van der Waals surface area (Å²) in [5.74, 6) is -1.30. The van der Waals surface area contributed by atoms with Crippen molar-refractivity contribution in [2.24, 2.45) is 0 Å². The summed E-state index contributed by atoms with van der Waals surface area (Å²) in [4.78, 5) is 24.5. The van der Waals surface area contributed by atoms with Gasteiger partial charge in [-0.1, -0.05) is 23.7 Å². The lowest BCUT2D eigenvalue weighted by atomic mass is 10.1. The first-order valence-electron chi connectivity index (χ1n) is 5.78. The smallest absolute Gasteiger partial charge is 0.323 e. The number of rotatable bonds is 4. The van der Waals surface area contributed by atoms with Crippen molar-refractivity contribution in [2.75, 3.05) is 6.54 Å². The van der Waals surface area contributed by atoms with Gasteiger partial charge in [0.1, 0.15) is 6.54 Å². The maximum absolute atomic E-state index is 12.3. The van der Waals surface area contributed by atoms with E-state index >= 15 is 0 Å². The number of halogens is 1. The lowest BCUT2D eigenvalue weighted by Gasteiger charge is -2.21. The molecule has 1 aromatic rings. The van der Waals surface area contributed by atoms with Crippen molar-refractivity contribution in [1.29, 1.82) is 0 Å². The predicted molar refractivity (Wildman–Crippen MR) is 67.9 cm³/mol. The van der Waals surface area contributed by atoms with Crippen LogP contribution in [-0.2, 0) is 4.79 Å². The van der Waals surface area contributed by atoms with Crippen LogP contribution in [0.4, 0.5) is 0 Å². The van der Waals surface area contributed by atoms with Crippen LogP contribution in [0.5, 0.6) is 0 Å². The molecular weight excluding hydrogens is 254 g/mol. The molecule has 1 aromatic carbocycles. The molecule has 0 radical (unpaired) electrons. The quantitative estimate of drug-likeness (QED) is 0.911. The van der Waals surface area contributed by atoms with Gasteiger partial charge >= 0.3 is 5.97 Å². The summed E-state index contributed by atoms with van der Waals surface area (Å²) in [5.41, 5.74) is 1.19. The van der Waals surface area contributed by atoms with Crippen molar-refractivity contribution in [1.82, 2.24) is 4.90 Å². The van der Waals surface area contributed by atoms with Gasteiger partial charge in [-0.05, 0) is 31.4 Å². The molecule has 0 heterocycles. The second kappa shape index (κ2) is 4.98. The van der Waals surface area contributed by atoms with E-state index in [0.29, 0.717) is 10.6 Å². The lowest BCUT2D eigenvalue weighted by Crippen LogP contribution is -2.37. The Morgan fingerprint density at radius 1 is 1.44 bits per heavy atom. The van der Waals surface area contributed by atoms with Crippen LogP contribution in [0, 0.1) is 6.92 Å². The standard InChI is InChI=1S/C13H14ClNO3/c1-8-3-2-4-10(12(8)14)13(18)15(7-11(16)17)9-5-6-9/h2-4,9H,5-7H2,1H3,(H,16,17). The predicted octanol–water partition coefficient (Wildman–Crippen LogP) is 2.34. The maximum Gasteiger partial charge on any atom is 0.323 e. The maximum atomic E-state index is 12.3. The highest BCUT2D eigenvalue weighted by molar-refractivity contribution is 6.34. The number of carbonyl (C=O) groups is 2. The van der Waals surface area contributed by atoms with Crippen molar-refractivity contribution < 1.29 is 14.7 Å². The molecule has 0 unspecified atom stereocenters. The number of aryl methyl sites for hydroxylation is 1. The van der Waals surface area contributed by atoms with Gasteiger partial charge in [0, 0.05) is 6.04 Å². The first kappa shape index (κ1) is 12.9. The van der Waals surface area contributed by atoms with E-state index in [9.17, 15) is 9.59 Å². The van der Waals surface area contributed by atoms with E-state index < -0.39 is 5.97 Å². The zero-order chi connectivity index (χ0) is 13.3. The highest BCUT2D eigenvalue weighted by atomic mass is 35.5. The van der Waals surface area contributed by atoms with Crippen molar-refractivity contribution in [3.8, 4) is 0 Å². The number of hydrogen-bond donors (Lipinski definition) is 1. The van der Waals surface area contributed by atoms with Crippen LogP contribution in [-0.4, -0.2) is 34.5 Å². The fourth-order valence-electron chi connectivity index (χ4n) is 1.87. The second-order valence-corrected chi connectivity index (χ2v) is 4.87. The molecule has 0 bridgehead atoms. The van der Waals surface area contributed by atoms with Crippen LogP contribution in [0.25, 0.3) is 0 Å². The molecule has 96 valence electrons. The van der Waals surface area contributed by atoms with E-state index in [-0.39, 0.29) is 18.5 Å². The minimum Gasteiger partial charge on any atom is -0.480 e. The van der Waals surface area contributed by atoms with Crippen LogP contribution in [0.15, 0.2) is 18.2 Å². The molecule has 1 aliphatic rings. The molecule has 1 saturated carbocycles. The number of carboxylic acid groups (broad SMARTS) is 1. The molecule has 1 fully saturated rings. The molecule has 1 N–H and O–H groups in total. The van der Waals surface area contributed by atoms with Gasteiger partial charge in [0.15, 0.2) is 0 Å². The van der Waals surface area contributed by atoms with Crippen LogP contribution < -0.4 is 0 Å².